The summed E-state index contributed by atoms with van der Waals surface area (Å²) >= 11 is 0. The number of amides is 1. The monoisotopic (exact) mass is 254 g/mol. The average molecular weight is 254 g/mol. The zero-order valence-corrected chi connectivity index (χ0v) is 10.3. The van der Waals surface area contributed by atoms with E-state index in [0.29, 0.717) is 11.3 Å². The van der Waals surface area contributed by atoms with Gasteiger partial charge in [0.2, 0.25) is 15.9 Å². The van der Waals surface area contributed by atoms with E-state index in [2.05, 4.69) is 5.32 Å². The molecule has 0 saturated heterocycles. The van der Waals surface area contributed by atoms with Crippen LogP contribution in [0.15, 0.2) is 23.1 Å². The summed E-state index contributed by atoms with van der Waals surface area (Å²) in [5.74, 6) is 0.112. The van der Waals surface area contributed by atoms with Crippen LogP contribution in [0, 0.1) is 12.8 Å². The highest BCUT2D eigenvalue weighted by atomic mass is 32.2. The molecule has 0 aliphatic heterocycles. The molecule has 3 N–H and O–H groups in total. The van der Waals surface area contributed by atoms with Crippen molar-refractivity contribution in [1.29, 1.82) is 0 Å². The number of hydrogen-bond donors (Lipinski definition) is 2. The summed E-state index contributed by atoms with van der Waals surface area (Å²) in [6, 6.07) is 4.57. The van der Waals surface area contributed by atoms with Crippen LogP contribution in [0.5, 0.6) is 0 Å². The molecular formula is C11H14N2O3S. The van der Waals surface area contributed by atoms with E-state index in [1.165, 1.54) is 6.07 Å². The van der Waals surface area contributed by atoms with Crippen molar-refractivity contribution in [2.75, 3.05) is 5.32 Å². The van der Waals surface area contributed by atoms with Crippen molar-refractivity contribution in [2.24, 2.45) is 11.1 Å². The topological polar surface area (TPSA) is 89.3 Å². The molecule has 0 unspecified atom stereocenters. The van der Waals surface area contributed by atoms with Gasteiger partial charge in [-0.3, -0.25) is 4.79 Å². The van der Waals surface area contributed by atoms with Crippen molar-refractivity contribution in [3.63, 3.8) is 0 Å². The molecule has 1 amide bonds. The van der Waals surface area contributed by atoms with Gasteiger partial charge in [0.1, 0.15) is 0 Å². The molecule has 0 heterocycles. The van der Waals surface area contributed by atoms with E-state index in [0.717, 1.165) is 12.8 Å². The quantitative estimate of drug-likeness (QED) is 0.843. The normalized spacial score (nSPS) is 15.6. The summed E-state index contributed by atoms with van der Waals surface area (Å²) < 4.78 is 22.4. The zero-order chi connectivity index (χ0) is 12.6. The zero-order valence-electron chi connectivity index (χ0n) is 9.43. The highest BCUT2D eigenvalue weighted by Crippen LogP contribution is 2.30. The van der Waals surface area contributed by atoms with Crippen LogP contribution >= 0.6 is 0 Å². The number of rotatable bonds is 3. The average Bonchev–Trinajstić information content (AvgIpc) is 2.98. The van der Waals surface area contributed by atoms with Crippen molar-refractivity contribution >= 4 is 21.6 Å². The first-order valence-corrected chi connectivity index (χ1v) is 6.87. The van der Waals surface area contributed by atoms with E-state index >= 15 is 0 Å². The van der Waals surface area contributed by atoms with Crippen molar-refractivity contribution < 1.29 is 13.2 Å². The molecule has 0 aromatic heterocycles. The molecule has 1 aromatic rings. The summed E-state index contributed by atoms with van der Waals surface area (Å²) in [5, 5.41) is 7.80. The van der Waals surface area contributed by atoms with Crippen LogP contribution in [-0.4, -0.2) is 14.3 Å². The van der Waals surface area contributed by atoms with Gasteiger partial charge < -0.3 is 5.32 Å². The number of carbonyl (C=O) groups excluding carboxylic acids is 1. The molecule has 1 fully saturated rings. The van der Waals surface area contributed by atoms with Gasteiger partial charge in [-0.25, -0.2) is 13.6 Å². The lowest BCUT2D eigenvalue weighted by Crippen LogP contribution is -2.15. The highest BCUT2D eigenvalue weighted by molar-refractivity contribution is 7.89. The Kier molecular flexibility index (Phi) is 2.92. The maximum atomic E-state index is 11.5. The van der Waals surface area contributed by atoms with Gasteiger partial charge >= 0.3 is 0 Å². The van der Waals surface area contributed by atoms with E-state index < -0.39 is 10.0 Å². The molecule has 6 heteroatoms. The van der Waals surface area contributed by atoms with Crippen molar-refractivity contribution in [3.8, 4) is 0 Å². The van der Waals surface area contributed by atoms with Gasteiger partial charge in [-0.2, -0.15) is 0 Å². The second-order valence-corrected chi connectivity index (χ2v) is 5.82. The smallest absolute Gasteiger partial charge is 0.238 e. The Morgan fingerprint density at radius 1 is 1.41 bits per heavy atom. The summed E-state index contributed by atoms with van der Waals surface area (Å²) in [7, 11) is -3.70. The predicted octanol–water partition coefficient (Wildman–Crippen LogP) is 0.991. The minimum Gasteiger partial charge on any atom is -0.326 e. The van der Waals surface area contributed by atoms with Gasteiger partial charge in [0, 0.05) is 11.6 Å². The van der Waals surface area contributed by atoms with Crippen LogP contribution in [0.25, 0.3) is 0 Å². The minimum atomic E-state index is -3.70. The first-order valence-electron chi connectivity index (χ1n) is 5.32. The number of anilines is 1. The van der Waals surface area contributed by atoms with E-state index in [9.17, 15) is 13.2 Å². The Morgan fingerprint density at radius 3 is 2.53 bits per heavy atom. The van der Waals surface area contributed by atoms with Crippen LogP contribution in [0.2, 0.25) is 0 Å². The Balaban J connectivity index is 2.21. The molecule has 5 nitrogen and oxygen atoms in total. The third kappa shape index (κ3) is 2.83. The standard InChI is InChI=1S/C11H14N2O3S/c1-7-6-9(13-11(14)8-2-3-8)4-5-10(7)17(12,15)16/h4-6,8H,2-3H2,1H3,(H,13,14)(H2,12,15,16). The van der Waals surface area contributed by atoms with E-state index in [1.54, 1.807) is 19.1 Å². The number of sulfonamides is 1. The van der Waals surface area contributed by atoms with Crippen LogP contribution in [-0.2, 0) is 14.8 Å². The van der Waals surface area contributed by atoms with Gasteiger partial charge in [0.25, 0.3) is 0 Å². The van der Waals surface area contributed by atoms with Crippen molar-refractivity contribution in [3.05, 3.63) is 23.8 Å². The van der Waals surface area contributed by atoms with Gasteiger partial charge in [-0.05, 0) is 43.5 Å². The molecule has 17 heavy (non-hydrogen) atoms. The van der Waals surface area contributed by atoms with Crippen LogP contribution in [0.3, 0.4) is 0 Å². The second-order valence-electron chi connectivity index (χ2n) is 4.29. The fourth-order valence-electron chi connectivity index (χ4n) is 1.64. The van der Waals surface area contributed by atoms with Gasteiger partial charge in [0.15, 0.2) is 0 Å². The maximum absolute atomic E-state index is 11.5. The lowest BCUT2D eigenvalue weighted by molar-refractivity contribution is -0.117. The van der Waals surface area contributed by atoms with Gasteiger partial charge in [-0.15, -0.1) is 0 Å². The SMILES string of the molecule is Cc1cc(NC(=O)C2CC2)ccc1S(N)(=O)=O. The minimum absolute atomic E-state index is 0.00671. The molecule has 0 atom stereocenters. The van der Waals surface area contributed by atoms with E-state index in [-0.39, 0.29) is 16.7 Å². The number of primary sulfonamides is 1. The lowest BCUT2D eigenvalue weighted by atomic mass is 10.2. The fraction of sp³-hybridized carbons (Fsp3) is 0.364. The summed E-state index contributed by atoms with van der Waals surface area (Å²) in [6.07, 6.45) is 1.86. The van der Waals surface area contributed by atoms with Crippen LogP contribution in [0.4, 0.5) is 5.69 Å². The third-order valence-corrected chi connectivity index (χ3v) is 3.77. The second kappa shape index (κ2) is 4.12. The van der Waals surface area contributed by atoms with E-state index in [4.69, 9.17) is 5.14 Å². The Morgan fingerprint density at radius 2 is 2.06 bits per heavy atom. The molecule has 0 spiro atoms. The maximum Gasteiger partial charge on any atom is 0.238 e. The molecule has 0 radical (unpaired) electrons. The first-order chi connectivity index (χ1) is 7.88. The number of nitrogens with two attached hydrogens (primary N) is 1. The molecule has 2 rings (SSSR count). The summed E-state index contributed by atoms with van der Waals surface area (Å²) in [6.45, 7) is 1.65. The first kappa shape index (κ1) is 12.1. The highest BCUT2D eigenvalue weighted by Gasteiger charge is 2.29. The molecule has 92 valence electrons. The number of aryl methyl sites for hydroxylation is 1. The molecule has 1 saturated carbocycles. The number of nitrogens with one attached hydrogen (secondary N) is 1. The molecule has 1 aliphatic carbocycles. The van der Waals surface area contributed by atoms with Crippen LogP contribution < -0.4 is 10.5 Å². The number of hydrogen-bond acceptors (Lipinski definition) is 3. The Hall–Kier alpha value is -1.40. The van der Waals surface area contributed by atoms with E-state index in [1.807, 2.05) is 0 Å². The fourth-order valence-corrected chi connectivity index (χ4v) is 2.40. The summed E-state index contributed by atoms with van der Waals surface area (Å²) in [5.41, 5.74) is 1.13. The van der Waals surface area contributed by atoms with Gasteiger partial charge in [-0.1, -0.05) is 0 Å². The summed E-state index contributed by atoms with van der Waals surface area (Å²) in [4.78, 5) is 11.6. The Bertz CT molecular complexity index is 562. The molecule has 1 aliphatic rings. The number of carbonyl (C=O) groups is 1. The lowest BCUT2D eigenvalue weighted by Gasteiger charge is -2.08. The van der Waals surface area contributed by atoms with Crippen LogP contribution in [0.1, 0.15) is 18.4 Å². The largest absolute Gasteiger partial charge is 0.326 e. The number of benzene rings is 1. The molecular weight excluding hydrogens is 240 g/mol. The Labute approximate surface area is 100 Å². The predicted molar refractivity (Wildman–Crippen MR) is 63.9 cm³/mol. The van der Waals surface area contributed by atoms with Crippen molar-refractivity contribution in [2.45, 2.75) is 24.7 Å². The molecule has 1 aromatic carbocycles. The third-order valence-electron chi connectivity index (χ3n) is 2.70. The van der Waals surface area contributed by atoms with Gasteiger partial charge in [0.05, 0.1) is 4.90 Å². The van der Waals surface area contributed by atoms with Crippen molar-refractivity contribution in [1.82, 2.24) is 0 Å². The molecule has 0 bridgehead atoms.